The van der Waals surface area contributed by atoms with Crippen LogP contribution in [0.5, 0.6) is 5.75 Å². The fourth-order valence-corrected chi connectivity index (χ4v) is 15.1. The number of rotatable bonds is 45. The average molecular weight is 1620 g/mol. The number of amides is 9. The molecule has 2 heterocycles. The number of aliphatic hydroxyl groups excluding tert-OH is 4. The van der Waals surface area contributed by atoms with Crippen molar-refractivity contribution in [3.63, 3.8) is 0 Å². The third-order valence-electron chi connectivity index (χ3n) is 21.8. The molecule has 4 aromatic rings. The van der Waals surface area contributed by atoms with Gasteiger partial charge in [-0.05, 0) is 102 Å². The second-order valence-corrected chi connectivity index (χ2v) is 30.7. The van der Waals surface area contributed by atoms with Crippen LogP contribution in [0.15, 0.2) is 97.1 Å². The maximum Gasteiger partial charge on any atom is 0.410 e. The number of carboxylic acid groups (broad SMARTS) is 1. The second-order valence-electron chi connectivity index (χ2n) is 30.7. The first-order chi connectivity index (χ1) is 55.4. The van der Waals surface area contributed by atoms with Crippen molar-refractivity contribution in [3.05, 3.63) is 125 Å². The van der Waals surface area contributed by atoms with Crippen molar-refractivity contribution < 1.29 is 111 Å². The van der Waals surface area contributed by atoms with Gasteiger partial charge in [-0.2, -0.15) is 0 Å². The number of hydrogen-bond acceptors (Lipinski definition) is 22. The molecule has 4 aromatic carbocycles. The van der Waals surface area contributed by atoms with Crippen LogP contribution in [0.25, 0.3) is 11.1 Å². The standard InChI is InChI=1S/C84H121N9O23/c1-14-50(6)70(64(110-12)44-67(96)93-39-24-32-62(93)75(111-13)51(7)77(101)88-52(8)71(97)54-25-16-15-17-26-54)91(9)80(104)68(48(2)3)90-79(103)69(49(4)5)92(10)84(108)114-46-53-33-34-63(115-82-74(100)72(98)73(99)76(116-82)81(105)106)55(43-53)45-87-65(94)35-38-86-78(102)61(31-22-23-37-85-66(95)36-40-112-42-41-109-11)89-83(107)113-47-60-58-29-20-18-27-56(58)57-28-19-21-30-59(57)60/h15-21,25-30,33-34,43,48-52,60-62,64,68-76,82,97-100H,14,22-24,31-32,35-42,44-47H2,1-13H3,(H,85,95)(H,86,102)(H,87,94)(H,88,101)(H,89,107)(H,90,103)(H,105,106)/t50-,51+,52+,61-,62-,64+,68-,69-,70-,71+,72-,73-,74+,75+,76-,82+/m0/s1. The van der Waals surface area contributed by atoms with Gasteiger partial charge in [-0.3, -0.25) is 38.5 Å². The first-order valence-corrected chi connectivity index (χ1v) is 39.9. The van der Waals surface area contributed by atoms with E-state index in [1.165, 1.54) is 44.4 Å². The molecule has 1 aliphatic carbocycles. The number of nitrogens with one attached hydrogen (secondary N) is 6. The molecular weight excluding hydrogens is 1500 g/mol. The van der Waals surface area contributed by atoms with Crippen LogP contribution >= 0.6 is 0 Å². The van der Waals surface area contributed by atoms with E-state index < -0.39 is 151 Å². The maximum absolute atomic E-state index is 15.0. The zero-order valence-corrected chi connectivity index (χ0v) is 68.9. The summed E-state index contributed by atoms with van der Waals surface area (Å²) in [5.74, 6) is -7.33. The number of nitrogens with zero attached hydrogens (tertiary/aromatic N) is 3. The molecule has 2 saturated heterocycles. The summed E-state index contributed by atoms with van der Waals surface area (Å²) in [6.45, 7) is 14.8. The number of fused-ring (bicyclic) bond motifs is 3. The molecule has 9 amide bonds. The molecule has 7 rings (SSSR count). The third-order valence-corrected chi connectivity index (χ3v) is 21.8. The van der Waals surface area contributed by atoms with Gasteiger partial charge in [-0.15, -0.1) is 0 Å². The Morgan fingerprint density at radius 1 is 0.672 bits per heavy atom. The quantitative estimate of drug-likeness (QED) is 0.0253. The summed E-state index contributed by atoms with van der Waals surface area (Å²) in [5.41, 5.74) is 5.09. The highest BCUT2D eigenvalue weighted by Gasteiger charge is 2.49. The average Bonchev–Trinajstić information content (AvgIpc) is 1.60. The van der Waals surface area contributed by atoms with Crippen molar-refractivity contribution in [1.29, 1.82) is 0 Å². The fourth-order valence-electron chi connectivity index (χ4n) is 15.1. The van der Waals surface area contributed by atoms with Crippen molar-refractivity contribution in [2.75, 3.05) is 81.5 Å². The summed E-state index contributed by atoms with van der Waals surface area (Å²) in [7, 11) is 7.48. The summed E-state index contributed by atoms with van der Waals surface area (Å²) in [6, 6.07) is 23.6. The van der Waals surface area contributed by atoms with Gasteiger partial charge in [0.15, 0.2) is 6.10 Å². The number of ether oxygens (including phenoxy) is 8. The van der Waals surface area contributed by atoms with E-state index in [4.69, 9.17) is 37.9 Å². The molecule has 32 nitrogen and oxygen atoms in total. The number of benzene rings is 4. The number of carbonyl (C=O) groups is 10. The van der Waals surface area contributed by atoms with Gasteiger partial charge in [0.1, 0.15) is 55.4 Å². The number of likely N-dealkylation sites (tertiary alicyclic amines) is 1. The molecular formula is C84H121N9O23. The second kappa shape index (κ2) is 45.9. The lowest BCUT2D eigenvalue weighted by Gasteiger charge is -2.41. The Bertz CT molecular complexity index is 3850. The minimum atomic E-state index is -2.04. The molecule has 11 N–H and O–H groups in total. The summed E-state index contributed by atoms with van der Waals surface area (Å²) < 4.78 is 45.4. The molecule has 16 atom stereocenters. The van der Waals surface area contributed by atoms with Gasteiger partial charge in [0, 0.05) is 85.9 Å². The highest BCUT2D eigenvalue weighted by molar-refractivity contribution is 5.92. The Kier molecular flexibility index (Phi) is 37.1. The summed E-state index contributed by atoms with van der Waals surface area (Å²) in [5, 5.41) is 69.7. The van der Waals surface area contributed by atoms with Gasteiger partial charge in [-0.25, -0.2) is 14.4 Å². The van der Waals surface area contributed by atoms with Crippen LogP contribution in [0, 0.1) is 23.7 Å². The smallest absolute Gasteiger partial charge is 0.410 e. The number of carbonyl (C=O) groups excluding carboxylic acids is 9. The van der Waals surface area contributed by atoms with Crippen LogP contribution in [0.3, 0.4) is 0 Å². The SMILES string of the molecule is CC[C@H](C)[C@@H]([C@@H](CC(=O)N1CCC[C@H]1[C@H](OC)[C@@H](C)C(=O)N[C@H](C)[C@@H](O)c1ccccc1)OC)N(C)C(=O)[C@@H](NC(=O)[C@H](C(C)C)N(C)C(=O)OCc1ccc(O[C@@H]2O[C@H](C(=O)O)[C@@H](O)[C@H](O)[C@H]2O)c(CNC(=O)CCNC(=O)[C@H](CCCCNC(=O)CCOCCOC)NC(=O)OCC2c3ccccc3-c3ccccc32)c1)C(C)C. The van der Waals surface area contributed by atoms with E-state index in [0.29, 0.717) is 57.4 Å². The Labute approximate surface area is 679 Å². The molecule has 0 spiro atoms. The van der Waals surface area contributed by atoms with Crippen LogP contribution in [0.2, 0.25) is 0 Å². The molecule has 32 heteroatoms. The minimum absolute atomic E-state index is 0.0261. The van der Waals surface area contributed by atoms with E-state index in [9.17, 15) is 68.7 Å². The normalized spacial score (nSPS) is 19.7. The van der Waals surface area contributed by atoms with Crippen LogP contribution in [0.4, 0.5) is 9.59 Å². The van der Waals surface area contributed by atoms with Crippen LogP contribution in [0.1, 0.15) is 153 Å². The topological polar surface area (TPSA) is 428 Å². The molecule has 3 aliphatic rings. The summed E-state index contributed by atoms with van der Waals surface area (Å²) in [4.78, 5) is 142. The number of aliphatic hydroxyl groups is 4. The molecule has 116 heavy (non-hydrogen) atoms. The van der Waals surface area contributed by atoms with E-state index in [0.717, 1.165) is 27.2 Å². The lowest BCUT2D eigenvalue weighted by Crippen LogP contribution is -2.61. The number of methoxy groups -OCH3 is 3. The van der Waals surface area contributed by atoms with Gasteiger partial charge >= 0.3 is 18.2 Å². The first-order valence-electron chi connectivity index (χ1n) is 39.9. The molecule has 0 saturated carbocycles. The first kappa shape index (κ1) is 93.8. The van der Waals surface area contributed by atoms with Crippen molar-refractivity contribution >= 4 is 59.5 Å². The fraction of sp³-hybridized carbons (Fsp3) is 0.595. The van der Waals surface area contributed by atoms with E-state index in [1.54, 1.807) is 84.9 Å². The molecule has 0 radical (unpaired) electrons. The number of hydrogen-bond donors (Lipinski definition) is 11. The van der Waals surface area contributed by atoms with Gasteiger partial charge in [0.2, 0.25) is 47.6 Å². The van der Waals surface area contributed by atoms with Crippen LogP contribution in [-0.4, -0.2) is 260 Å². The monoisotopic (exact) mass is 1620 g/mol. The third kappa shape index (κ3) is 25.6. The molecule has 0 unspecified atom stereocenters. The van der Waals surface area contributed by atoms with Crippen LogP contribution in [-0.2, 0) is 84.7 Å². The van der Waals surface area contributed by atoms with Gasteiger partial charge in [0.25, 0.3) is 0 Å². The summed E-state index contributed by atoms with van der Waals surface area (Å²) in [6.07, 6.45) is -11.9. The van der Waals surface area contributed by atoms with Crippen molar-refractivity contribution in [2.45, 2.75) is 218 Å². The zero-order valence-electron chi connectivity index (χ0n) is 68.9. The number of aliphatic carboxylic acids is 1. The van der Waals surface area contributed by atoms with E-state index in [1.807, 2.05) is 68.4 Å². The maximum atomic E-state index is 15.0. The lowest BCUT2D eigenvalue weighted by atomic mass is 9.89. The Hall–Kier alpha value is -9.38. The van der Waals surface area contributed by atoms with Crippen molar-refractivity contribution in [3.8, 4) is 16.9 Å². The van der Waals surface area contributed by atoms with Crippen molar-refractivity contribution in [1.82, 2.24) is 46.6 Å². The molecule has 2 aliphatic heterocycles. The van der Waals surface area contributed by atoms with Gasteiger partial charge in [-0.1, -0.05) is 140 Å². The number of likely N-dealkylation sites (N-methyl/N-ethyl adjacent to an activating group) is 2. The minimum Gasteiger partial charge on any atom is -0.479 e. The Morgan fingerprint density at radius 2 is 1.34 bits per heavy atom. The lowest BCUT2D eigenvalue weighted by molar-refractivity contribution is -0.271. The molecule has 640 valence electrons. The van der Waals surface area contributed by atoms with E-state index in [2.05, 4.69) is 31.9 Å². The van der Waals surface area contributed by atoms with Gasteiger partial charge in [0.05, 0.1) is 68.6 Å². The highest BCUT2D eigenvalue weighted by Crippen LogP contribution is 2.45. The molecule has 0 bridgehead atoms. The van der Waals surface area contributed by atoms with Gasteiger partial charge < -0.3 is 105 Å². The Balaban J connectivity index is 0.991. The summed E-state index contributed by atoms with van der Waals surface area (Å²) >= 11 is 0. The van der Waals surface area contributed by atoms with E-state index in [-0.39, 0.29) is 105 Å². The number of unbranched alkanes of at least 4 members (excludes halogenated alkanes) is 1. The number of carboxylic acids is 1. The Morgan fingerprint density at radius 3 is 1.97 bits per heavy atom. The largest absolute Gasteiger partial charge is 0.479 e. The predicted octanol–water partition coefficient (Wildman–Crippen LogP) is 5.22. The van der Waals surface area contributed by atoms with E-state index >= 15 is 4.79 Å². The highest BCUT2D eigenvalue weighted by atomic mass is 16.7. The van der Waals surface area contributed by atoms with Crippen molar-refractivity contribution in [2.24, 2.45) is 23.7 Å². The zero-order chi connectivity index (χ0) is 85.0. The van der Waals surface area contributed by atoms with Crippen LogP contribution < -0.4 is 36.6 Å². The molecule has 0 aromatic heterocycles. The number of alkyl carbamates (subject to hydrolysis) is 1. The predicted molar refractivity (Wildman–Crippen MR) is 425 cm³/mol. The molecule has 2 fully saturated rings.